The molecule has 1 fully saturated rings. The smallest absolute Gasteiger partial charge is 0.331 e. The summed E-state index contributed by atoms with van der Waals surface area (Å²) in [5.74, 6) is -0.174. The van der Waals surface area contributed by atoms with E-state index in [-0.39, 0.29) is 6.04 Å². The topological polar surface area (TPSA) is 67.2 Å². The van der Waals surface area contributed by atoms with Gasteiger partial charge in [0.1, 0.15) is 0 Å². The van der Waals surface area contributed by atoms with Crippen LogP contribution in [-0.2, 0) is 18.4 Å². The van der Waals surface area contributed by atoms with Crippen molar-refractivity contribution in [1.82, 2.24) is 15.1 Å². The van der Waals surface area contributed by atoms with Crippen LogP contribution < -0.4 is 5.32 Å². The maximum absolute atomic E-state index is 10.9. The predicted molar refractivity (Wildman–Crippen MR) is 80.0 cm³/mol. The molecule has 2 N–H and O–H groups in total. The van der Waals surface area contributed by atoms with Crippen LogP contribution in [0.3, 0.4) is 0 Å². The van der Waals surface area contributed by atoms with Crippen LogP contribution in [0.5, 0.6) is 0 Å². The molecule has 0 bridgehead atoms. The van der Waals surface area contributed by atoms with Gasteiger partial charge in [-0.25, -0.2) is 4.79 Å². The SMILES string of the molecule is Cn1cc(CNC2CC=C(C(=O)O)C2)c(C2CCCC2)n1. The molecule has 0 saturated heterocycles. The van der Waals surface area contributed by atoms with Gasteiger partial charge in [-0.3, -0.25) is 4.68 Å². The van der Waals surface area contributed by atoms with Crippen LogP contribution in [0.4, 0.5) is 0 Å². The molecule has 1 aromatic rings. The van der Waals surface area contributed by atoms with Gasteiger partial charge in [-0.15, -0.1) is 0 Å². The lowest BCUT2D eigenvalue weighted by Gasteiger charge is -2.14. The standard InChI is InChI=1S/C16H23N3O2/c1-19-10-13(15(18-19)11-4-2-3-5-11)9-17-14-7-6-12(8-14)16(20)21/h6,10-11,14,17H,2-5,7-9H2,1H3,(H,20,21). The van der Waals surface area contributed by atoms with Gasteiger partial charge in [0.2, 0.25) is 0 Å². The molecule has 5 heteroatoms. The fraction of sp³-hybridized carbons (Fsp3) is 0.625. The van der Waals surface area contributed by atoms with Gasteiger partial charge in [0.25, 0.3) is 0 Å². The molecule has 2 aliphatic rings. The zero-order valence-electron chi connectivity index (χ0n) is 12.5. The van der Waals surface area contributed by atoms with Crippen molar-refractivity contribution >= 4 is 5.97 Å². The van der Waals surface area contributed by atoms with Gasteiger partial charge in [-0.05, 0) is 25.7 Å². The highest BCUT2D eigenvalue weighted by molar-refractivity contribution is 5.87. The number of aromatic nitrogens is 2. The molecule has 114 valence electrons. The van der Waals surface area contributed by atoms with E-state index < -0.39 is 5.97 Å². The number of hydrogen-bond donors (Lipinski definition) is 2. The molecule has 0 radical (unpaired) electrons. The second-order valence-electron chi connectivity index (χ2n) is 6.25. The van der Waals surface area contributed by atoms with E-state index in [1.54, 1.807) is 0 Å². The number of aryl methyl sites for hydroxylation is 1. The lowest BCUT2D eigenvalue weighted by atomic mass is 10.0. The first-order chi connectivity index (χ1) is 10.1. The first-order valence-electron chi connectivity index (χ1n) is 7.81. The third kappa shape index (κ3) is 3.18. The van der Waals surface area contributed by atoms with Crippen molar-refractivity contribution in [2.75, 3.05) is 0 Å². The predicted octanol–water partition coefficient (Wildman–Crippen LogP) is 2.34. The van der Waals surface area contributed by atoms with E-state index in [1.807, 2.05) is 17.8 Å². The molecule has 1 heterocycles. The number of carboxylic acids is 1. The summed E-state index contributed by atoms with van der Waals surface area (Å²) in [7, 11) is 1.97. The van der Waals surface area contributed by atoms with E-state index in [9.17, 15) is 4.79 Å². The lowest BCUT2D eigenvalue weighted by molar-refractivity contribution is -0.132. The third-order valence-electron chi connectivity index (χ3n) is 4.65. The Morgan fingerprint density at radius 2 is 2.24 bits per heavy atom. The number of nitrogens with zero attached hydrogens (tertiary/aromatic N) is 2. The summed E-state index contributed by atoms with van der Waals surface area (Å²) in [5, 5.41) is 17.1. The maximum atomic E-state index is 10.9. The zero-order chi connectivity index (χ0) is 14.8. The average Bonchev–Trinajstić information content (AvgIpc) is 3.16. The quantitative estimate of drug-likeness (QED) is 0.873. The monoisotopic (exact) mass is 289 g/mol. The first kappa shape index (κ1) is 14.3. The summed E-state index contributed by atoms with van der Waals surface area (Å²) in [5.41, 5.74) is 3.05. The summed E-state index contributed by atoms with van der Waals surface area (Å²) in [6, 6.07) is 0.243. The van der Waals surface area contributed by atoms with Crippen LogP contribution in [0.2, 0.25) is 0 Å². The number of aliphatic carboxylic acids is 1. The second-order valence-corrected chi connectivity index (χ2v) is 6.25. The molecule has 21 heavy (non-hydrogen) atoms. The number of rotatable bonds is 5. The molecule has 0 aromatic carbocycles. The zero-order valence-corrected chi connectivity index (χ0v) is 12.5. The van der Waals surface area contributed by atoms with Gasteiger partial charge in [0.15, 0.2) is 0 Å². The van der Waals surface area contributed by atoms with Gasteiger partial charge >= 0.3 is 5.97 Å². The molecular weight excluding hydrogens is 266 g/mol. The highest BCUT2D eigenvalue weighted by atomic mass is 16.4. The van der Waals surface area contributed by atoms with E-state index in [1.165, 1.54) is 36.9 Å². The van der Waals surface area contributed by atoms with Crippen LogP contribution in [-0.4, -0.2) is 26.9 Å². The minimum absolute atomic E-state index is 0.243. The molecule has 2 aliphatic carbocycles. The fourth-order valence-electron chi connectivity index (χ4n) is 3.54. The van der Waals surface area contributed by atoms with Crippen molar-refractivity contribution in [3.8, 4) is 0 Å². The van der Waals surface area contributed by atoms with E-state index >= 15 is 0 Å². The van der Waals surface area contributed by atoms with E-state index in [2.05, 4.69) is 16.6 Å². The van der Waals surface area contributed by atoms with Gasteiger partial charge in [-0.2, -0.15) is 5.10 Å². The van der Waals surface area contributed by atoms with Crippen molar-refractivity contribution in [1.29, 1.82) is 0 Å². The van der Waals surface area contributed by atoms with Crippen molar-refractivity contribution in [2.45, 2.75) is 57.0 Å². The molecule has 5 nitrogen and oxygen atoms in total. The van der Waals surface area contributed by atoms with Crippen LogP contribution in [0, 0.1) is 0 Å². The number of carbonyl (C=O) groups is 1. The number of hydrogen-bond acceptors (Lipinski definition) is 3. The van der Waals surface area contributed by atoms with Crippen LogP contribution in [0.1, 0.15) is 55.7 Å². The molecule has 1 aromatic heterocycles. The summed E-state index contributed by atoms with van der Waals surface area (Å²) in [4.78, 5) is 10.9. The van der Waals surface area contributed by atoms with Crippen LogP contribution in [0.15, 0.2) is 17.8 Å². The molecule has 0 spiro atoms. The molecule has 1 saturated carbocycles. The highest BCUT2D eigenvalue weighted by Crippen LogP contribution is 2.35. The lowest BCUT2D eigenvalue weighted by Crippen LogP contribution is -2.27. The van der Waals surface area contributed by atoms with Crippen molar-refractivity contribution in [3.05, 3.63) is 29.1 Å². The van der Waals surface area contributed by atoms with Crippen LogP contribution >= 0.6 is 0 Å². The Morgan fingerprint density at radius 1 is 1.48 bits per heavy atom. The normalized spacial score (nSPS) is 22.7. The summed E-state index contributed by atoms with van der Waals surface area (Å²) >= 11 is 0. The van der Waals surface area contributed by atoms with Gasteiger partial charge in [0, 0.05) is 42.9 Å². The van der Waals surface area contributed by atoms with E-state index in [0.29, 0.717) is 17.9 Å². The summed E-state index contributed by atoms with van der Waals surface area (Å²) in [6.07, 6.45) is 10.5. The minimum atomic E-state index is -0.785. The highest BCUT2D eigenvalue weighted by Gasteiger charge is 2.24. The van der Waals surface area contributed by atoms with Gasteiger partial charge in [-0.1, -0.05) is 18.9 Å². The Labute approximate surface area is 125 Å². The van der Waals surface area contributed by atoms with E-state index in [4.69, 9.17) is 5.11 Å². The molecule has 1 atom stereocenters. The minimum Gasteiger partial charge on any atom is -0.478 e. The molecule has 1 unspecified atom stereocenters. The molecular formula is C16H23N3O2. The first-order valence-corrected chi connectivity index (χ1v) is 7.81. The van der Waals surface area contributed by atoms with Gasteiger partial charge < -0.3 is 10.4 Å². The largest absolute Gasteiger partial charge is 0.478 e. The fourth-order valence-corrected chi connectivity index (χ4v) is 3.54. The van der Waals surface area contributed by atoms with Crippen molar-refractivity contribution < 1.29 is 9.90 Å². The summed E-state index contributed by atoms with van der Waals surface area (Å²) < 4.78 is 1.90. The third-order valence-corrected chi connectivity index (χ3v) is 4.65. The second kappa shape index (κ2) is 6.02. The maximum Gasteiger partial charge on any atom is 0.331 e. The average molecular weight is 289 g/mol. The molecule has 0 amide bonds. The van der Waals surface area contributed by atoms with Crippen LogP contribution in [0.25, 0.3) is 0 Å². The Balaban J connectivity index is 1.60. The molecule has 3 rings (SSSR count). The van der Waals surface area contributed by atoms with Crippen molar-refractivity contribution in [3.63, 3.8) is 0 Å². The van der Waals surface area contributed by atoms with Gasteiger partial charge in [0.05, 0.1) is 5.69 Å². The number of nitrogens with one attached hydrogen (secondary N) is 1. The summed E-state index contributed by atoms with van der Waals surface area (Å²) in [6.45, 7) is 0.783. The molecule has 0 aliphatic heterocycles. The number of carboxylic acid groups (broad SMARTS) is 1. The Kier molecular flexibility index (Phi) is 4.10. The van der Waals surface area contributed by atoms with Crippen molar-refractivity contribution in [2.24, 2.45) is 7.05 Å². The Bertz CT molecular complexity index is 556. The Morgan fingerprint density at radius 3 is 2.90 bits per heavy atom. The Hall–Kier alpha value is -1.62. The van der Waals surface area contributed by atoms with E-state index in [0.717, 1.165) is 13.0 Å².